The predicted molar refractivity (Wildman–Crippen MR) is 65.1 cm³/mol. The van der Waals surface area contributed by atoms with Crippen molar-refractivity contribution in [2.45, 2.75) is 43.4 Å². The molecule has 15 heavy (non-hydrogen) atoms. The van der Waals surface area contributed by atoms with Gasteiger partial charge >= 0.3 is 0 Å². The zero-order chi connectivity index (χ0) is 10.8. The average molecular weight is 271 g/mol. The van der Waals surface area contributed by atoms with Crippen molar-refractivity contribution in [3.8, 4) is 0 Å². The van der Waals surface area contributed by atoms with Crippen LogP contribution in [-0.4, -0.2) is 4.83 Å². The van der Waals surface area contributed by atoms with Crippen LogP contribution in [0.1, 0.15) is 42.7 Å². The standard InChI is InChI=1S/C13H16BrF/c1-9-6-7-10(15)8-12(9)11-4-2-3-5-13(11)14/h6-8,11,13H,2-5H2,1H3. The van der Waals surface area contributed by atoms with Gasteiger partial charge in [-0.1, -0.05) is 34.8 Å². The zero-order valence-electron chi connectivity index (χ0n) is 8.97. The van der Waals surface area contributed by atoms with E-state index in [1.165, 1.54) is 36.8 Å². The summed E-state index contributed by atoms with van der Waals surface area (Å²) in [7, 11) is 0. The van der Waals surface area contributed by atoms with Gasteiger partial charge in [0.1, 0.15) is 5.82 Å². The Morgan fingerprint density at radius 1 is 1.27 bits per heavy atom. The summed E-state index contributed by atoms with van der Waals surface area (Å²) in [6.45, 7) is 2.07. The molecule has 0 saturated heterocycles. The minimum Gasteiger partial charge on any atom is -0.207 e. The van der Waals surface area contributed by atoms with E-state index in [2.05, 4.69) is 22.9 Å². The number of halogens is 2. The molecule has 0 radical (unpaired) electrons. The lowest BCUT2D eigenvalue weighted by molar-refractivity contribution is 0.458. The summed E-state index contributed by atoms with van der Waals surface area (Å²) in [5.41, 5.74) is 2.41. The smallest absolute Gasteiger partial charge is 0.123 e. The third-order valence-corrected chi connectivity index (χ3v) is 4.42. The Kier molecular flexibility index (Phi) is 3.45. The second kappa shape index (κ2) is 4.65. The maximum absolute atomic E-state index is 13.2. The summed E-state index contributed by atoms with van der Waals surface area (Å²) < 4.78 is 13.2. The maximum Gasteiger partial charge on any atom is 0.123 e. The van der Waals surface area contributed by atoms with E-state index in [0.29, 0.717) is 10.7 Å². The highest BCUT2D eigenvalue weighted by Gasteiger charge is 2.25. The molecule has 2 atom stereocenters. The first kappa shape index (κ1) is 11.1. The molecule has 1 aromatic carbocycles. The van der Waals surface area contributed by atoms with Gasteiger partial charge < -0.3 is 0 Å². The molecule has 0 aliphatic heterocycles. The zero-order valence-corrected chi connectivity index (χ0v) is 10.6. The molecule has 2 heteroatoms. The fraction of sp³-hybridized carbons (Fsp3) is 0.538. The Hall–Kier alpha value is -0.370. The Labute approximate surface area is 99.0 Å². The lowest BCUT2D eigenvalue weighted by Gasteiger charge is -2.28. The van der Waals surface area contributed by atoms with Gasteiger partial charge in [0.15, 0.2) is 0 Å². The van der Waals surface area contributed by atoms with Crippen LogP contribution in [0.5, 0.6) is 0 Å². The largest absolute Gasteiger partial charge is 0.207 e. The van der Waals surface area contributed by atoms with Crippen molar-refractivity contribution >= 4 is 15.9 Å². The molecule has 1 aliphatic rings. The minimum atomic E-state index is -0.110. The Bertz CT molecular complexity index is 348. The van der Waals surface area contributed by atoms with Gasteiger partial charge in [-0.25, -0.2) is 4.39 Å². The van der Waals surface area contributed by atoms with Gasteiger partial charge in [-0.2, -0.15) is 0 Å². The Balaban J connectivity index is 2.30. The lowest BCUT2D eigenvalue weighted by atomic mass is 9.82. The van der Waals surface area contributed by atoms with Crippen LogP contribution in [0.2, 0.25) is 0 Å². The molecule has 2 unspecified atom stereocenters. The van der Waals surface area contributed by atoms with Gasteiger partial charge in [0.25, 0.3) is 0 Å². The van der Waals surface area contributed by atoms with Crippen LogP contribution in [0.3, 0.4) is 0 Å². The minimum absolute atomic E-state index is 0.110. The van der Waals surface area contributed by atoms with Crippen LogP contribution in [0.25, 0.3) is 0 Å². The van der Waals surface area contributed by atoms with Crippen LogP contribution in [0.4, 0.5) is 4.39 Å². The van der Waals surface area contributed by atoms with Crippen LogP contribution in [-0.2, 0) is 0 Å². The number of aryl methyl sites for hydroxylation is 1. The molecule has 1 fully saturated rings. The van der Waals surface area contributed by atoms with Gasteiger partial charge in [-0.05, 0) is 48.9 Å². The van der Waals surface area contributed by atoms with E-state index >= 15 is 0 Å². The molecule has 1 saturated carbocycles. The van der Waals surface area contributed by atoms with Crippen LogP contribution >= 0.6 is 15.9 Å². The van der Waals surface area contributed by atoms with E-state index in [9.17, 15) is 4.39 Å². The number of hydrogen-bond acceptors (Lipinski definition) is 0. The number of benzene rings is 1. The van der Waals surface area contributed by atoms with E-state index in [0.717, 1.165) is 0 Å². The second-order valence-electron chi connectivity index (χ2n) is 4.41. The molecular weight excluding hydrogens is 255 g/mol. The van der Waals surface area contributed by atoms with Crippen molar-refractivity contribution in [1.29, 1.82) is 0 Å². The molecule has 0 N–H and O–H groups in total. The van der Waals surface area contributed by atoms with Gasteiger partial charge in [0, 0.05) is 4.83 Å². The van der Waals surface area contributed by atoms with E-state index in [1.54, 1.807) is 12.1 Å². The van der Waals surface area contributed by atoms with Crippen LogP contribution < -0.4 is 0 Å². The monoisotopic (exact) mass is 270 g/mol. The number of alkyl halides is 1. The molecule has 0 bridgehead atoms. The fourth-order valence-electron chi connectivity index (χ4n) is 2.45. The van der Waals surface area contributed by atoms with Crippen molar-refractivity contribution in [2.75, 3.05) is 0 Å². The topological polar surface area (TPSA) is 0 Å². The maximum atomic E-state index is 13.2. The number of rotatable bonds is 1. The molecule has 0 heterocycles. The predicted octanol–water partition coefficient (Wildman–Crippen LogP) is 4.56. The highest BCUT2D eigenvalue weighted by molar-refractivity contribution is 9.09. The molecule has 0 spiro atoms. The molecule has 0 aromatic heterocycles. The summed E-state index contributed by atoms with van der Waals surface area (Å²) in [6.07, 6.45) is 4.95. The van der Waals surface area contributed by atoms with Crippen molar-refractivity contribution in [1.82, 2.24) is 0 Å². The van der Waals surface area contributed by atoms with E-state index in [4.69, 9.17) is 0 Å². The van der Waals surface area contributed by atoms with Gasteiger partial charge in [0.2, 0.25) is 0 Å². The van der Waals surface area contributed by atoms with Crippen LogP contribution in [0, 0.1) is 12.7 Å². The first-order valence-electron chi connectivity index (χ1n) is 5.58. The lowest BCUT2D eigenvalue weighted by Crippen LogP contribution is -2.18. The summed E-state index contributed by atoms with van der Waals surface area (Å²) >= 11 is 3.73. The van der Waals surface area contributed by atoms with Gasteiger partial charge in [-0.15, -0.1) is 0 Å². The highest BCUT2D eigenvalue weighted by Crippen LogP contribution is 2.38. The Morgan fingerprint density at radius 2 is 2.00 bits per heavy atom. The van der Waals surface area contributed by atoms with Crippen molar-refractivity contribution in [3.05, 3.63) is 35.1 Å². The van der Waals surface area contributed by atoms with Gasteiger partial charge in [0.05, 0.1) is 0 Å². The molecular formula is C13H16BrF. The van der Waals surface area contributed by atoms with Gasteiger partial charge in [-0.3, -0.25) is 0 Å². The summed E-state index contributed by atoms with van der Waals surface area (Å²) in [5, 5.41) is 0. The average Bonchev–Trinajstić information content (AvgIpc) is 2.23. The van der Waals surface area contributed by atoms with E-state index in [1.807, 2.05) is 6.07 Å². The molecule has 1 aliphatic carbocycles. The summed E-state index contributed by atoms with van der Waals surface area (Å²) in [6, 6.07) is 5.14. The second-order valence-corrected chi connectivity index (χ2v) is 5.58. The number of hydrogen-bond donors (Lipinski definition) is 0. The quantitative estimate of drug-likeness (QED) is 0.657. The third kappa shape index (κ3) is 2.41. The molecule has 0 nitrogen and oxygen atoms in total. The first-order valence-corrected chi connectivity index (χ1v) is 6.50. The summed E-state index contributed by atoms with van der Waals surface area (Å²) in [5.74, 6) is 0.385. The summed E-state index contributed by atoms with van der Waals surface area (Å²) in [4.78, 5) is 0.520. The van der Waals surface area contributed by atoms with E-state index in [-0.39, 0.29) is 5.82 Å². The molecule has 2 rings (SSSR count). The molecule has 0 amide bonds. The fourth-order valence-corrected chi connectivity index (χ4v) is 3.32. The van der Waals surface area contributed by atoms with Crippen molar-refractivity contribution in [2.24, 2.45) is 0 Å². The van der Waals surface area contributed by atoms with E-state index < -0.39 is 0 Å². The third-order valence-electron chi connectivity index (χ3n) is 3.32. The van der Waals surface area contributed by atoms with Crippen molar-refractivity contribution < 1.29 is 4.39 Å². The Morgan fingerprint density at radius 3 is 2.73 bits per heavy atom. The van der Waals surface area contributed by atoms with Crippen molar-refractivity contribution in [3.63, 3.8) is 0 Å². The molecule has 1 aromatic rings. The normalized spacial score (nSPS) is 26.6. The highest BCUT2D eigenvalue weighted by atomic mass is 79.9. The van der Waals surface area contributed by atoms with Crippen LogP contribution in [0.15, 0.2) is 18.2 Å². The SMILES string of the molecule is Cc1ccc(F)cc1C1CCCCC1Br. The molecule has 82 valence electrons. The first-order chi connectivity index (χ1) is 7.18.